The van der Waals surface area contributed by atoms with Gasteiger partial charge in [-0.15, -0.1) is 0 Å². The summed E-state index contributed by atoms with van der Waals surface area (Å²) in [6.45, 7) is 3.53. The maximum Gasteiger partial charge on any atom is 0.321 e. The third-order valence-corrected chi connectivity index (χ3v) is 5.24. The van der Waals surface area contributed by atoms with Gasteiger partial charge in [0, 0.05) is 40.6 Å². The molecule has 0 unspecified atom stereocenters. The lowest BCUT2D eigenvalue weighted by molar-refractivity contribution is -0.150. The normalized spacial score (nSPS) is 11.8. The number of H-pyrrole nitrogens is 2. The zero-order chi connectivity index (χ0) is 19.7. The first-order chi connectivity index (χ1) is 13.6. The van der Waals surface area contributed by atoms with Crippen molar-refractivity contribution < 1.29 is 14.3 Å². The predicted molar refractivity (Wildman–Crippen MR) is 109 cm³/mol. The fraction of sp³-hybridized carbons (Fsp3) is 0.217. The lowest BCUT2D eigenvalue weighted by Gasteiger charge is -2.30. The number of esters is 1. The molecule has 0 spiro atoms. The van der Waals surface area contributed by atoms with Crippen molar-refractivity contribution in [1.82, 2.24) is 9.97 Å². The van der Waals surface area contributed by atoms with Gasteiger partial charge in [-0.25, -0.2) is 0 Å². The highest BCUT2D eigenvalue weighted by molar-refractivity contribution is 6.03. The highest BCUT2D eigenvalue weighted by Gasteiger charge is 2.47. The molecule has 5 heteroatoms. The molecule has 4 rings (SSSR count). The van der Waals surface area contributed by atoms with Crippen LogP contribution in [0.2, 0.25) is 0 Å². The number of Topliss-reactive ketones (excluding diaryl/α,β-unsaturated/α-hetero) is 1. The smallest absolute Gasteiger partial charge is 0.321 e. The molecule has 0 aliphatic rings. The minimum atomic E-state index is -1.24. The maximum atomic E-state index is 13.5. The number of aromatic nitrogens is 2. The molecular weight excluding hydrogens is 352 g/mol. The average Bonchev–Trinajstić information content (AvgIpc) is 3.31. The highest BCUT2D eigenvalue weighted by Crippen LogP contribution is 2.43. The first-order valence-electron chi connectivity index (χ1n) is 9.37. The van der Waals surface area contributed by atoms with Crippen LogP contribution in [0.4, 0.5) is 0 Å². The van der Waals surface area contributed by atoms with Gasteiger partial charge in [0.05, 0.1) is 6.61 Å². The number of para-hydroxylation sites is 2. The van der Waals surface area contributed by atoms with Crippen LogP contribution in [0.25, 0.3) is 21.8 Å². The number of aromatic amines is 2. The van der Waals surface area contributed by atoms with Crippen LogP contribution in [0.3, 0.4) is 0 Å². The standard InChI is InChI=1S/C23H22N2O3/c1-3-28-22(27)23(12-15(2)26,18-13-24-20-10-6-4-8-16(18)20)19-14-25-21-11-7-5-9-17(19)21/h4-11,13-14,24-25H,3,12H2,1-2H3. The molecule has 5 nitrogen and oxygen atoms in total. The zero-order valence-electron chi connectivity index (χ0n) is 15.9. The van der Waals surface area contributed by atoms with Gasteiger partial charge in [-0.05, 0) is 37.1 Å². The Morgan fingerprint density at radius 3 is 1.86 bits per heavy atom. The summed E-state index contributed by atoms with van der Waals surface area (Å²) in [6, 6.07) is 15.6. The second kappa shape index (κ2) is 7.00. The van der Waals surface area contributed by atoms with Crippen LogP contribution in [0, 0.1) is 0 Å². The van der Waals surface area contributed by atoms with E-state index in [-0.39, 0.29) is 18.8 Å². The molecule has 0 aliphatic heterocycles. The molecule has 0 fully saturated rings. The van der Waals surface area contributed by atoms with Crippen LogP contribution in [0.15, 0.2) is 60.9 Å². The molecular formula is C23H22N2O3. The van der Waals surface area contributed by atoms with E-state index >= 15 is 0 Å². The van der Waals surface area contributed by atoms with E-state index in [1.165, 1.54) is 6.92 Å². The number of ether oxygens (including phenoxy) is 1. The van der Waals surface area contributed by atoms with Crippen molar-refractivity contribution in [3.05, 3.63) is 72.1 Å². The van der Waals surface area contributed by atoms with Crippen LogP contribution >= 0.6 is 0 Å². The van der Waals surface area contributed by atoms with Crippen molar-refractivity contribution in [2.24, 2.45) is 0 Å². The fourth-order valence-electron chi connectivity index (χ4n) is 4.10. The monoisotopic (exact) mass is 374 g/mol. The summed E-state index contributed by atoms with van der Waals surface area (Å²) < 4.78 is 5.53. The molecule has 2 aromatic carbocycles. The number of hydrogen-bond donors (Lipinski definition) is 2. The molecule has 0 atom stereocenters. The molecule has 2 N–H and O–H groups in total. The van der Waals surface area contributed by atoms with Crippen molar-refractivity contribution in [3.8, 4) is 0 Å². The van der Waals surface area contributed by atoms with Gasteiger partial charge in [0.15, 0.2) is 0 Å². The minimum Gasteiger partial charge on any atom is -0.465 e. The molecule has 142 valence electrons. The fourth-order valence-corrected chi connectivity index (χ4v) is 4.10. The predicted octanol–water partition coefficient (Wildman–Crippen LogP) is 4.48. The largest absolute Gasteiger partial charge is 0.465 e. The Hall–Kier alpha value is -3.34. The molecule has 2 heterocycles. The molecule has 0 bridgehead atoms. The highest BCUT2D eigenvalue weighted by atomic mass is 16.5. The Labute approximate surface area is 162 Å². The van der Waals surface area contributed by atoms with Gasteiger partial charge in [-0.1, -0.05) is 36.4 Å². The van der Waals surface area contributed by atoms with Gasteiger partial charge in [0.25, 0.3) is 0 Å². The number of carbonyl (C=O) groups is 2. The number of nitrogens with one attached hydrogen (secondary N) is 2. The second-order valence-corrected chi connectivity index (χ2v) is 7.00. The Morgan fingerprint density at radius 1 is 0.893 bits per heavy atom. The summed E-state index contributed by atoms with van der Waals surface area (Å²) in [4.78, 5) is 32.4. The average molecular weight is 374 g/mol. The van der Waals surface area contributed by atoms with E-state index in [0.717, 1.165) is 32.9 Å². The van der Waals surface area contributed by atoms with Gasteiger partial charge >= 0.3 is 5.97 Å². The Balaban J connectivity index is 2.09. The van der Waals surface area contributed by atoms with Crippen LogP contribution in [-0.2, 0) is 19.7 Å². The van der Waals surface area contributed by atoms with Crippen molar-refractivity contribution in [2.45, 2.75) is 25.7 Å². The molecule has 0 amide bonds. The van der Waals surface area contributed by atoms with Crippen molar-refractivity contribution in [2.75, 3.05) is 6.61 Å². The molecule has 4 aromatic rings. The number of benzene rings is 2. The molecule has 28 heavy (non-hydrogen) atoms. The van der Waals surface area contributed by atoms with Gasteiger partial charge in [0.1, 0.15) is 11.2 Å². The van der Waals surface area contributed by atoms with Gasteiger partial charge < -0.3 is 14.7 Å². The zero-order valence-corrected chi connectivity index (χ0v) is 15.9. The Kier molecular flexibility index (Phi) is 4.51. The van der Waals surface area contributed by atoms with Crippen LogP contribution < -0.4 is 0 Å². The van der Waals surface area contributed by atoms with Crippen LogP contribution in [-0.4, -0.2) is 28.3 Å². The van der Waals surface area contributed by atoms with Gasteiger partial charge in [-0.3, -0.25) is 9.59 Å². The molecule has 0 radical (unpaired) electrons. The second-order valence-electron chi connectivity index (χ2n) is 7.00. The number of ketones is 1. The molecule has 0 aliphatic carbocycles. The van der Waals surface area contributed by atoms with Crippen molar-refractivity contribution in [1.29, 1.82) is 0 Å². The van der Waals surface area contributed by atoms with E-state index < -0.39 is 11.4 Å². The van der Waals surface area contributed by atoms with E-state index in [0.29, 0.717) is 0 Å². The summed E-state index contributed by atoms with van der Waals surface area (Å²) in [6.07, 6.45) is 3.67. The van der Waals surface area contributed by atoms with Gasteiger partial charge in [-0.2, -0.15) is 0 Å². The Morgan fingerprint density at radius 2 is 1.39 bits per heavy atom. The lowest BCUT2D eigenvalue weighted by atomic mass is 9.71. The first kappa shape index (κ1) is 18.0. The van der Waals surface area contributed by atoms with Crippen molar-refractivity contribution in [3.63, 3.8) is 0 Å². The Bertz CT molecular complexity index is 1090. The number of fused-ring (bicyclic) bond motifs is 2. The summed E-state index contributed by atoms with van der Waals surface area (Å²) in [5.41, 5.74) is 2.09. The lowest BCUT2D eigenvalue weighted by Crippen LogP contribution is -2.40. The topological polar surface area (TPSA) is 75.0 Å². The van der Waals surface area contributed by atoms with Crippen LogP contribution in [0.1, 0.15) is 31.4 Å². The minimum absolute atomic E-state index is 0.0233. The summed E-state index contributed by atoms with van der Waals surface area (Å²) in [5, 5.41) is 1.81. The maximum absolute atomic E-state index is 13.5. The molecule has 0 saturated carbocycles. The van der Waals surface area contributed by atoms with Crippen molar-refractivity contribution >= 4 is 33.6 Å². The summed E-state index contributed by atoms with van der Waals surface area (Å²) in [5.74, 6) is -0.497. The van der Waals surface area contributed by atoms with E-state index in [9.17, 15) is 9.59 Å². The molecule has 0 saturated heterocycles. The van der Waals surface area contributed by atoms with Gasteiger partial charge in [0.2, 0.25) is 0 Å². The summed E-state index contributed by atoms with van der Waals surface area (Å²) in [7, 11) is 0. The summed E-state index contributed by atoms with van der Waals surface area (Å²) >= 11 is 0. The number of carbonyl (C=O) groups excluding carboxylic acids is 2. The van der Waals surface area contributed by atoms with Crippen LogP contribution in [0.5, 0.6) is 0 Å². The first-order valence-corrected chi connectivity index (χ1v) is 9.37. The molecule has 2 aromatic heterocycles. The third kappa shape index (κ3) is 2.71. The quantitative estimate of drug-likeness (QED) is 0.489. The third-order valence-electron chi connectivity index (χ3n) is 5.24. The van der Waals surface area contributed by atoms with E-state index in [1.807, 2.05) is 60.9 Å². The van der Waals surface area contributed by atoms with E-state index in [2.05, 4.69) is 9.97 Å². The SMILES string of the molecule is CCOC(=O)C(CC(C)=O)(c1c[nH]c2ccccc12)c1c[nH]c2ccccc12. The van der Waals surface area contributed by atoms with E-state index in [1.54, 1.807) is 6.92 Å². The number of rotatable bonds is 6. The van der Waals surface area contributed by atoms with E-state index in [4.69, 9.17) is 4.74 Å². The number of hydrogen-bond acceptors (Lipinski definition) is 3.